The third-order valence-electron chi connectivity index (χ3n) is 3.45. The van der Waals surface area contributed by atoms with Crippen molar-refractivity contribution in [3.63, 3.8) is 0 Å². The van der Waals surface area contributed by atoms with Crippen LogP contribution in [0.5, 0.6) is 0 Å². The summed E-state index contributed by atoms with van der Waals surface area (Å²) in [7, 11) is 0. The number of nitrogens with one attached hydrogen (secondary N) is 1. The molecule has 1 atom stereocenters. The largest absolute Gasteiger partial charge is 0.463 e. The molecule has 22 heavy (non-hydrogen) atoms. The lowest BCUT2D eigenvalue weighted by Gasteiger charge is -2.27. The molecule has 1 N–H and O–H groups in total. The van der Waals surface area contributed by atoms with Gasteiger partial charge in [0.25, 0.3) is 0 Å². The summed E-state index contributed by atoms with van der Waals surface area (Å²) in [6.07, 6.45) is 3.42. The van der Waals surface area contributed by atoms with Crippen LogP contribution >= 0.6 is 0 Å². The van der Waals surface area contributed by atoms with E-state index in [1.165, 1.54) is 0 Å². The van der Waals surface area contributed by atoms with E-state index >= 15 is 0 Å². The number of fused-ring (bicyclic) bond motifs is 1. The molecular formula is C15H17N5O2. The number of carbonyl (C=O) groups is 1. The number of allylic oxidation sites excluding steroid dienone is 1. The number of nitrogens with zero attached hydrogens (tertiary/aromatic N) is 4. The molecule has 0 spiro atoms. The zero-order valence-electron chi connectivity index (χ0n) is 12.7. The molecule has 0 aromatic carbocycles. The van der Waals surface area contributed by atoms with Crippen LogP contribution in [-0.4, -0.2) is 32.3 Å². The number of esters is 1. The lowest BCUT2D eigenvalue weighted by Crippen LogP contribution is -2.29. The van der Waals surface area contributed by atoms with E-state index in [2.05, 4.69) is 20.4 Å². The van der Waals surface area contributed by atoms with E-state index in [4.69, 9.17) is 4.74 Å². The van der Waals surface area contributed by atoms with Crippen molar-refractivity contribution in [2.24, 2.45) is 0 Å². The van der Waals surface area contributed by atoms with E-state index in [0.29, 0.717) is 29.6 Å². The van der Waals surface area contributed by atoms with E-state index < -0.39 is 6.04 Å². The second-order valence-electron chi connectivity index (χ2n) is 5.00. The third kappa shape index (κ3) is 2.34. The maximum Gasteiger partial charge on any atom is 0.338 e. The number of anilines is 1. The number of rotatable bonds is 3. The Morgan fingerprint density at radius 1 is 1.45 bits per heavy atom. The first-order chi connectivity index (χ1) is 10.6. The van der Waals surface area contributed by atoms with Crippen molar-refractivity contribution < 1.29 is 9.53 Å². The Bertz CT molecular complexity index is 736. The van der Waals surface area contributed by atoms with Crippen molar-refractivity contribution in [1.29, 1.82) is 0 Å². The quantitative estimate of drug-likeness (QED) is 0.871. The van der Waals surface area contributed by atoms with Crippen molar-refractivity contribution in [2.75, 3.05) is 11.9 Å². The second kappa shape index (κ2) is 5.59. The van der Waals surface area contributed by atoms with Crippen molar-refractivity contribution in [3.8, 4) is 0 Å². The number of ether oxygens (including phenoxy) is 1. The summed E-state index contributed by atoms with van der Waals surface area (Å²) in [4.78, 5) is 20.9. The molecule has 7 heteroatoms. The van der Waals surface area contributed by atoms with Crippen molar-refractivity contribution in [1.82, 2.24) is 19.7 Å². The van der Waals surface area contributed by atoms with Crippen LogP contribution in [0.15, 0.2) is 35.8 Å². The number of aromatic nitrogens is 4. The summed E-state index contributed by atoms with van der Waals surface area (Å²) in [5.41, 5.74) is 2.09. The number of hydrogen-bond donors (Lipinski definition) is 1. The van der Waals surface area contributed by atoms with Crippen LogP contribution in [0.25, 0.3) is 0 Å². The van der Waals surface area contributed by atoms with Gasteiger partial charge in [0.2, 0.25) is 5.95 Å². The number of aryl methyl sites for hydroxylation is 1. The maximum atomic E-state index is 12.4. The van der Waals surface area contributed by atoms with Crippen molar-refractivity contribution in [3.05, 3.63) is 47.2 Å². The first kappa shape index (κ1) is 14.2. The predicted octanol–water partition coefficient (Wildman–Crippen LogP) is 1.83. The first-order valence-corrected chi connectivity index (χ1v) is 7.09. The molecule has 7 nitrogen and oxygen atoms in total. The van der Waals surface area contributed by atoms with Gasteiger partial charge in [-0.05, 0) is 32.4 Å². The molecule has 1 unspecified atom stereocenters. The first-order valence-electron chi connectivity index (χ1n) is 7.09. The van der Waals surface area contributed by atoms with Gasteiger partial charge in [0.05, 0.1) is 12.2 Å². The predicted molar refractivity (Wildman–Crippen MR) is 80.1 cm³/mol. The Balaban J connectivity index is 2.16. The molecule has 1 aliphatic heterocycles. The van der Waals surface area contributed by atoms with Crippen LogP contribution in [0.1, 0.15) is 31.3 Å². The molecule has 0 bridgehead atoms. The van der Waals surface area contributed by atoms with Crippen LogP contribution in [0.2, 0.25) is 0 Å². The van der Waals surface area contributed by atoms with Gasteiger partial charge in [-0.2, -0.15) is 10.1 Å². The van der Waals surface area contributed by atoms with Crippen LogP contribution in [0, 0.1) is 6.92 Å². The molecule has 3 heterocycles. The summed E-state index contributed by atoms with van der Waals surface area (Å²) in [5.74, 6) is 0.881. The highest BCUT2D eigenvalue weighted by atomic mass is 16.5. The normalized spacial score (nSPS) is 17.0. The fourth-order valence-corrected chi connectivity index (χ4v) is 2.58. The summed E-state index contributed by atoms with van der Waals surface area (Å²) in [5, 5.41) is 7.53. The minimum absolute atomic E-state index is 0.318. The highest BCUT2D eigenvalue weighted by molar-refractivity contribution is 5.92. The Morgan fingerprint density at radius 2 is 2.27 bits per heavy atom. The molecule has 0 amide bonds. The lowest BCUT2D eigenvalue weighted by atomic mass is 9.97. The molecule has 2 aromatic rings. The smallest absolute Gasteiger partial charge is 0.338 e. The summed E-state index contributed by atoms with van der Waals surface area (Å²) >= 11 is 0. The van der Waals surface area contributed by atoms with Gasteiger partial charge >= 0.3 is 5.97 Å². The van der Waals surface area contributed by atoms with Gasteiger partial charge in [-0.25, -0.2) is 9.48 Å². The Morgan fingerprint density at radius 3 is 2.95 bits per heavy atom. The molecular weight excluding hydrogens is 282 g/mol. The summed E-state index contributed by atoms with van der Waals surface area (Å²) < 4.78 is 6.91. The fourth-order valence-electron chi connectivity index (χ4n) is 2.58. The van der Waals surface area contributed by atoms with Gasteiger partial charge in [0.15, 0.2) is 0 Å². The molecule has 2 aromatic heterocycles. The van der Waals surface area contributed by atoms with Gasteiger partial charge in [0, 0.05) is 18.1 Å². The number of carbonyl (C=O) groups excluding carboxylic acids is 1. The van der Waals surface area contributed by atoms with Gasteiger partial charge in [-0.3, -0.25) is 4.98 Å². The van der Waals surface area contributed by atoms with E-state index in [0.717, 1.165) is 5.56 Å². The lowest BCUT2D eigenvalue weighted by molar-refractivity contribution is -0.139. The van der Waals surface area contributed by atoms with Crippen LogP contribution in [0.3, 0.4) is 0 Å². The monoisotopic (exact) mass is 299 g/mol. The molecule has 0 saturated heterocycles. The average Bonchev–Trinajstić information content (AvgIpc) is 2.86. The molecule has 114 valence electrons. The molecule has 0 saturated carbocycles. The molecule has 3 rings (SSSR count). The minimum Gasteiger partial charge on any atom is -0.463 e. The highest BCUT2D eigenvalue weighted by Crippen LogP contribution is 2.35. The maximum absolute atomic E-state index is 12.4. The average molecular weight is 299 g/mol. The Kier molecular flexibility index (Phi) is 3.62. The summed E-state index contributed by atoms with van der Waals surface area (Å²) in [6, 6.07) is 3.35. The summed E-state index contributed by atoms with van der Waals surface area (Å²) in [6.45, 7) is 5.75. The molecule has 0 aliphatic carbocycles. The zero-order chi connectivity index (χ0) is 15.7. The standard InChI is InChI=1S/C15H17N5O2/c1-4-22-14(21)12-9(2)17-15-18-10(3)19-20(15)13(12)11-6-5-7-16-8-11/h5-8,13H,4H2,1-3H3,(H,17,18,19). The third-order valence-corrected chi connectivity index (χ3v) is 3.45. The topological polar surface area (TPSA) is 81.9 Å². The van der Waals surface area contributed by atoms with Gasteiger partial charge < -0.3 is 10.1 Å². The van der Waals surface area contributed by atoms with Crippen LogP contribution in [-0.2, 0) is 9.53 Å². The van der Waals surface area contributed by atoms with Crippen molar-refractivity contribution >= 4 is 11.9 Å². The van der Waals surface area contributed by atoms with E-state index in [-0.39, 0.29) is 5.97 Å². The van der Waals surface area contributed by atoms with E-state index in [9.17, 15) is 4.79 Å². The Labute approximate surface area is 128 Å². The van der Waals surface area contributed by atoms with E-state index in [1.807, 2.05) is 26.0 Å². The SMILES string of the molecule is CCOC(=O)C1=C(C)Nc2nc(C)nn2C1c1cccnc1. The van der Waals surface area contributed by atoms with Gasteiger partial charge in [-0.15, -0.1) is 0 Å². The molecule has 1 aliphatic rings. The highest BCUT2D eigenvalue weighted by Gasteiger charge is 2.34. The zero-order valence-corrected chi connectivity index (χ0v) is 12.7. The number of hydrogen-bond acceptors (Lipinski definition) is 6. The van der Waals surface area contributed by atoms with Gasteiger partial charge in [0.1, 0.15) is 11.9 Å². The van der Waals surface area contributed by atoms with Crippen LogP contribution < -0.4 is 5.32 Å². The fraction of sp³-hybridized carbons (Fsp3) is 0.333. The van der Waals surface area contributed by atoms with Gasteiger partial charge in [-0.1, -0.05) is 6.07 Å². The Hall–Kier alpha value is -2.70. The minimum atomic E-state index is -0.398. The number of pyridine rings is 1. The van der Waals surface area contributed by atoms with E-state index in [1.54, 1.807) is 24.0 Å². The second-order valence-corrected chi connectivity index (χ2v) is 5.00. The van der Waals surface area contributed by atoms with Crippen molar-refractivity contribution in [2.45, 2.75) is 26.8 Å². The molecule has 0 fully saturated rings. The van der Waals surface area contributed by atoms with Crippen LogP contribution in [0.4, 0.5) is 5.95 Å². The molecule has 0 radical (unpaired) electrons.